The molecule has 0 spiro atoms. The van der Waals surface area contributed by atoms with Gasteiger partial charge >= 0.3 is 0 Å². The van der Waals surface area contributed by atoms with Crippen molar-refractivity contribution in [2.45, 2.75) is 18.2 Å². The molecule has 0 bridgehead atoms. The van der Waals surface area contributed by atoms with E-state index in [0.29, 0.717) is 12.1 Å². The smallest absolute Gasteiger partial charge is 0.263 e. The van der Waals surface area contributed by atoms with E-state index in [9.17, 15) is 12.8 Å². The zero-order valence-corrected chi connectivity index (χ0v) is 15.6. The van der Waals surface area contributed by atoms with Gasteiger partial charge in [0.15, 0.2) is 0 Å². The molecule has 0 amide bonds. The van der Waals surface area contributed by atoms with Crippen LogP contribution in [0, 0.1) is 12.7 Å². The normalized spacial score (nSPS) is 11.2. The number of pyridine rings is 1. The molecule has 0 radical (unpaired) electrons. The van der Waals surface area contributed by atoms with Crippen molar-refractivity contribution in [2.24, 2.45) is 0 Å². The highest BCUT2D eigenvalue weighted by Crippen LogP contribution is 2.18. The van der Waals surface area contributed by atoms with Gasteiger partial charge in [0, 0.05) is 6.54 Å². The number of benzene rings is 2. The fourth-order valence-corrected chi connectivity index (χ4v) is 3.87. The number of nitrogens with zero attached hydrogens (tertiary/aromatic N) is 1. The molecule has 5 nitrogen and oxygen atoms in total. The molecule has 0 atom stereocenters. The van der Waals surface area contributed by atoms with Gasteiger partial charge in [-0.3, -0.25) is 4.72 Å². The number of anilines is 2. The van der Waals surface area contributed by atoms with Gasteiger partial charge in [0.2, 0.25) is 0 Å². The Labute approximate surface area is 158 Å². The van der Waals surface area contributed by atoms with Crippen molar-refractivity contribution in [3.8, 4) is 0 Å². The average molecular weight is 385 g/mol. The minimum Gasteiger partial charge on any atom is -0.383 e. The van der Waals surface area contributed by atoms with Gasteiger partial charge in [-0.1, -0.05) is 30.3 Å². The standard InChI is InChI=1S/C20H20FN3O2S/c1-15-4-2-3-5-19(15)27(25,26)24-20-11-10-18(14-23-20)22-13-12-16-6-8-17(21)9-7-16/h2-11,14,22H,12-13H2,1H3,(H,23,24). The van der Waals surface area contributed by atoms with Gasteiger partial charge in [0.25, 0.3) is 10.0 Å². The number of hydrogen-bond donors (Lipinski definition) is 2. The molecule has 3 rings (SSSR count). The Bertz CT molecular complexity index is 1000. The van der Waals surface area contributed by atoms with E-state index >= 15 is 0 Å². The lowest BCUT2D eigenvalue weighted by atomic mass is 10.1. The Morgan fingerprint density at radius 1 is 1.00 bits per heavy atom. The SMILES string of the molecule is Cc1ccccc1S(=O)(=O)Nc1ccc(NCCc2ccc(F)cc2)cn1. The Hall–Kier alpha value is -2.93. The van der Waals surface area contributed by atoms with Crippen LogP contribution in [0.4, 0.5) is 15.9 Å². The minimum absolute atomic E-state index is 0.230. The molecule has 0 aliphatic rings. The zero-order valence-electron chi connectivity index (χ0n) is 14.8. The Balaban J connectivity index is 1.58. The molecule has 0 aliphatic heterocycles. The van der Waals surface area contributed by atoms with Crippen LogP contribution in [-0.2, 0) is 16.4 Å². The molecule has 0 aliphatic carbocycles. The lowest BCUT2D eigenvalue weighted by Gasteiger charge is -2.11. The van der Waals surface area contributed by atoms with Crippen LogP contribution in [0.1, 0.15) is 11.1 Å². The molecular formula is C20H20FN3O2S. The molecule has 7 heteroatoms. The number of halogens is 1. The third kappa shape index (κ3) is 5.04. The summed E-state index contributed by atoms with van der Waals surface area (Å²) in [5.74, 6) is 0.00184. The summed E-state index contributed by atoms with van der Waals surface area (Å²) in [5, 5.41) is 3.21. The number of sulfonamides is 1. The predicted molar refractivity (Wildman–Crippen MR) is 105 cm³/mol. The van der Waals surface area contributed by atoms with Gasteiger partial charge in [-0.25, -0.2) is 17.8 Å². The van der Waals surface area contributed by atoms with Gasteiger partial charge in [0.1, 0.15) is 11.6 Å². The third-order valence-electron chi connectivity index (χ3n) is 4.04. The molecule has 2 N–H and O–H groups in total. The molecule has 0 saturated carbocycles. The van der Waals surface area contributed by atoms with Crippen molar-refractivity contribution in [1.29, 1.82) is 0 Å². The topological polar surface area (TPSA) is 71.1 Å². The maximum atomic E-state index is 12.9. The summed E-state index contributed by atoms with van der Waals surface area (Å²) >= 11 is 0. The minimum atomic E-state index is -3.68. The van der Waals surface area contributed by atoms with Crippen molar-refractivity contribution in [3.63, 3.8) is 0 Å². The van der Waals surface area contributed by atoms with Crippen LogP contribution < -0.4 is 10.0 Å². The van der Waals surface area contributed by atoms with Crippen LogP contribution in [0.25, 0.3) is 0 Å². The highest BCUT2D eigenvalue weighted by molar-refractivity contribution is 7.92. The summed E-state index contributed by atoms with van der Waals surface area (Å²) in [6, 6.07) is 16.5. The van der Waals surface area contributed by atoms with Crippen LogP contribution >= 0.6 is 0 Å². The van der Waals surface area contributed by atoms with Gasteiger partial charge in [-0.15, -0.1) is 0 Å². The highest BCUT2D eigenvalue weighted by atomic mass is 32.2. The maximum Gasteiger partial charge on any atom is 0.263 e. The molecule has 1 aromatic heterocycles. The second kappa shape index (κ2) is 8.18. The largest absolute Gasteiger partial charge is 0.383 e. The van der Waals surface area contributed by atoms with E-state index in [-0.39, 0.29) is 16.5 Å². The molecule has 0 unspecified atom stereocenters. The van der Waals surface area contributed by atoms with Gasteiger partial charge in [-0.2, -0.15) is 0 Å². The van der Waals surface area contributed by atoms with Crippen LogP contribution in [0.3, 0.4) is 0 Å². The fourth-order valence-electron chi connectivity index (χ4n) is 2.61. The Morgan fingerprint density at radius 2 is 1.74 bits per heavy atom. The number of aryl methyl sites for hydroxylation is 1. The van der Waals surface area contributed by atoms with E-state index in [4.69, 9.17) is 0 Å². The van der Waals surface area contributed by atoms with Crippen molar-refractivity contribution in [2.75, 3.05) is 16.6 Å². The first-order valence-electron chi connectivity index (χ1n) is 8.47. The first-order valence-corrected chi connectivity index (χ1v) is 9.95. The van der Waals surface area contributed by atoms with Gasteiger partial charge < -0.3 is 5.32 Å². The number of aromatic nitrogens is 1. The first-order chi connectivity index (χ1) is 12.9. The lowest BCUT2D eigenvalue weighted by molar-refractivity contribution is 0.600. The molecular weight excluding hydrogens is 365 g/mol. The second-order valence-corrected chi connectivity index (χ2v) is 7.76. The van der Waals surface area contributed by atoms with Crippen molar-refractivity contribution in [3.05, 3.63) is 83.8 Å². The van der Waals surface area contributed by atoms with Crippen LogP contribution in [-0.4, -0.2) is 19.9 Å². The monoisotopic (exact) mass is 385 g/mol. The fraction of sp³-hybridized carbons (Fsp3) is 0.150. The second-order valence-electron chi connectivity index (χ2n) is 6.11. The van der Waals surface area contributed by atoms with Crippen LogP contribution in [0.2, 0.25) is 0 Å². The van der Waals surface area contributed by atoms with E-state index < -0.39 is 10.0 Å². The number of rotatable bonds is 7. The number of nitrogens with one attached hydrogen (secondary N) is 2. The van der Waals surface area contributed by atoms with E-state index in [2.05, 4.69) is 15.0 Å². The molecule has 3 aromatic rings. The van der Waals surface area contributed by atoms with Crippen molar-refractivity contribution < 1.29 is 12.8 Å². The van der Waals surface area contributed by atoms with Crippen LogP contribution in [0.5, 0.6) is 0 Å². The summed E-state index contributed by atoms with van der Waals surface area (Å²) in [4.78, 5) is 4.38. The molecule has 1 heterocycles. The zero-order chi connectivity index (χ0) is 19.3. The predicted octanol–water partition coefficient (Wildman–Crippen LogP) is 3.98. The molecule has 27 heavy (non-hydrogen) atoms. The summed E-state index contributed by atoms with van der Waals surface area (Å²) in [6.07, 6.45) is 2.31. The maximum absolute atomic E-state index is 12.9. The highest BCUT2D eigenvalue weighted by Gasteiger charge is 2.16. The quantitative estimate of drug-likeness (QED) is 0.645. The average Bonchev–Trinajstić information content (AvgIpc) is 2.65. The van der Waals surface area contributed by atoms with E-state index in [1.807, 2.05) is 0 Å². The van der Waals surface area contributed by atoms with Crippen LogP contribution in [0.15, 0.2) is 71.8 Å². The van der Waals surface area contributed by atoms with Gasteiger partial charge in [0.05, 0.1) is 16.8 Å². The van der Waals surface area contributed by atoms with E-state index in [1.165, 1.54) is 12.1 Å². The number of hydrogen-bond acceptors (Lipinski definition) is 4. The van der Waals surface area contributed by atoms with E-state index in [1.54, 1.807) is 61.7 Å². The first kappa shape index (κ1) is 18.8. The summed E-state index contributed by atoms with van der Waals surface area (Å²) in [7, 11) is -3.68. The van der Waals surface area contributed by atoms with Gasteiger partial charge in [-0.05, 0) is 54.8 Å². The summed E-state index contributed by atoms with van der Waals surface area (Å²) in [6.45, 7) is 2.40. The summed E-state index contributed by atoms with van der Waals surface area (Å²) < 4.78 is 40.3. The van der Waals surface area contributed by atoms with E-state index in [0.717, 1.165) is 17.7 Å². The third-order valence-corrected chi connectivity index (χ3v) is 5.56. The molecule has 140 valence electrons. The summed E-state index contributed by atoms with van der Waals surface area (Å²) in [5.41, 5.74) is 2.47. The van der Waals surface area contributed by atoms with Crippen molar-refractivity contribution >= 4 is 21.5 Å². The van der Waals surface area contributed by atoms with Crippen molar-refractivity contribution in [1.82, 2.24) is 4.98 Å². The Morgan fingerprint density at radius 3 is 2.41 bits per heavy atom. The lowest BCUT2D eigenvalue weighted by Crippen LogP contribution is -2.15. The Kier molecular flexibility index (Phi) is 5.71. The molecule has 0 fully saturated rings. The molecule has 2 aromatic carbocycles. The molecule has 0 saturated heterocycles.